The highest BCUT2D eigenvalue weighted by Crippen LogP contribution is 2.55. The average Bonchev–Trinajstić information content (AvgIpc) is 2.91. The van der Waals surface area contributed by atoms with Crippen molar-refractivity contribution in [3.63, 3.8) is 0 Å². The first-order valence-corrected chi connectivity index (χ1v) is 13.2. The van der Waals surface area contributed by atoms with Crippen LogP contribution >= 0.6 is 7.26 Å². The van der Waals surface area contributed by atoms with Crippen LogP contribution in [0.5, 0.6) is 0 Å². The standard InChI is InChI=1S/C28H25N4OP/c29-32-31-24-19-17-23(18-20-24)28(33)30-21-10-22-34(25-11-4-1-5-12-25,26-13-6-2-7-14-26)27-15-8-3-9-16-27/h1-9,11-20H,10,21-22H2/p+1. The van der Waals surface area contributed by atoms with Gasteiger partial charge < -0.3 is 5.32 Å². The van der Waals surface area contributed by atoms with Crippen molar-refractivity contribution in [2.24, 2.45) is 5.11 Å². The fraction of sp³-hybridized carbons (Fsp3) is 0.107. The summed E-state index contributed by atoms with van der Waals surface area (Å²) in [5, 5.41) is 10.6. The van der Waals surface area contributed by atoms with Gasteiger partial charge in [0.2, 0.25) is 0 Å². The predicted molar refractivity (Wildman–Crippen MR) is 142 cm³/mol. The predicted octanol–water partition coefficient (Wildman–Crippen LogP) is 5.74. The minimum absolute atomic E-state index is 0.129. The van der Waals surface area contributed by atoms with Gasteiger partial charge >= 0.3 is 0 Å². The molecule has 0 aliphatic rings. The number of carbonyl (C=O) groups excluding carboxylic acids is 1. The lowest BCUT2D eigenvalue weighted by Gasteiger charge is -2.27. The molecule has 0 aliphatic heterocycles. The Morgan fingerprint density at radius 1 is 0.735 bits per heavy atom. The van der Waals surface area contributed by atoms with E-state index < -0.39 is 7.26 Å². The van der Waals surface area contributed by atoms with Crippen LogP contribution in [0.4, 0.5) is 5.69 Å². The van der Waals surface area contributed by atoms with E-state index in [2.05, 4.69) is 106 Å². The molecule has 4 rings (SSSR count). The third-order valence-electron chi connectivity index (χ3n) is 5.84. The van der Waals surface area contributed by atoms with E-state index in [-0.39, 0.29) is 5.91 Å². The summed E-state index contributed by atoms with van der Waals surface area (Å²) >= 11 is 0. The van der Waals surface area contributed by atoms with Crippen LogP contribution in [0.3, 0.4) is 0 Å². The first-order chi connectivity index (χ1) is 16.7. The molecule has 6 heteroatoms. The maximum atomic E-state index is 12.6. The van der Waals surface area contributed by atoms with E-state index >= 15 is 0 Å². The Bertz CT molecular complexity index is 1160. The van der Waals surface area contributed by atoms with Crippen molar-refractivity contribution in [1.29, 1.82) is 0 Å². The molecule has 0 spiro atoms. The molecular weight excluding hydrogens is 439 g/mol. The van der Waals surface area contributed by atoms with Crippen LogP contribution in [0.1, 0.15) is 16.8 Å². The van der Waals surface area contributed by atoms with E-state index in [1.807, 2.05) is 0 Å². The summed E-state index contributed by atoms with van der Waals surface area (Å²) in [6.07, 6.45) is 1.79. The molecule has 0 aliphatic carbocycles. The Balaban J connectivity index is 1.57. The Morgan fingerprint density at radius 2 is 1.21 bits per heavy atom. The average molecular weight is 466 g/mol. The lowest BCUT2D eigenvalue weighted by atomic mass is 10.2. The number of hydrogen-bond acceptors (Lipinski definition) is 2. The molecule has 4 aromatic rings. The van der Waals surface area contributed by atoms with Crippen molar-refractivity contribution in [3.05, 3.63) is 131 Å². The van der Waals surface area contributed by atoms with Crippen LogP contribution in [-0.2, 0) is 0 Å². The van der Waals surface area contributed by atoms with Crippen molar-refractivity contribution >= 4 is 34.8 Å². The summed E-state index contributed by atoms with van der Waals surface area (Å²) < 4.78 is 0. The van der Waals surface area contributed by atoms with Crippen LogP contribution in [0.2, 0.25) is 0 Å². The fourth-order valence-electron chi connectivity index (χ4n) is 4.23. The van der Waals surface area contributed by atoms with Gasteiger partial charge in [-0.05, 0) is 60.5 Å². The zero-order chi connectivity index (χ0) is 23.6. The van der Waals surface area contributed by atoms with Crippen LogP contribution in [-0.4, -0.2) is 18.6 Å². The number of benzene rings is 4. The Hall–Kier alpha value is -3.91. The SMILES string of the molecule is [N-]=[N+]=Nc1ccc(C(=O)NCCC[P+](c2ccccc2)(c2ccccc2)c2ccccc2)cc1. The first-order valence-electron chi connectivity index (χ1n) is 11.2. The number of nitrogens with zero attached hydrogens (tertiary/aromatic N) is 3. The van der Waals surface area contributed by atoms with E-state index in [0.717, 1.165) is 12.6 Å². The smallest absolute Gasteiger partial charge is 0.251 e. The molecule has 0 heterocycles. The second-order valence-electron chi connectivity index (χ2n) is 7.89. The number of amides is 1. The van der Waals surface area contributed by atoms with Crippen molar-refractivity contribution in [2.45, 2.75) is 6.42 Å². The summed E-state index contributed by atoms with van der Waals surface area (Å²) in [6.45, 7) is 0.575. The van der Waals surface area contributed by atoms with E-state index in [0.29, 0.717) is 17.8 Å². The number of rotatable bonds is 9. The molecule has 0 saturated heterocycles. The highest BCUT2D eigenvalue weighted by Gasteiger charge is 2.44. The van der Waals surface area contributed by atoms with Crippen LogP contribution in [0.15, 0.2) is 120 Å². The normalized spacial score (nSPS) is 10.8. The lowest BCUT2D eigenvalue weighted by Crippen LogP contribution is -2.34. The topological polar surface area (TPSA) is 77.9 Å². The molecule has 168 valence electrons. The summed E-state index contributed by atoms with van der Waals surface area (Å²) in [6, 6.07) is 38.9. The number of azide groups is 1. The van der Waals surface area contributed by atoms with Gasteiger partial charge in [0.05, 0.1) is 6.16 Å². The zero-order valence-corrected chi connectivity index (χ0v) is 19.7. The second kappa shape index (κ2) is 11.3. The molecule has 4 aromatic carbocycles. The van der Waals surface area contributed by atoms with Gasteiger partial charge in [0, 0.05) is 22.7 Å². The highest BCUT2D eigenvalue weighted by molar-refractivity contribution is 7.95. The maximum absolute atomic E-state index is 12.6. The number of hydrogen-bond donors (Lipinski definition) is 1. The van der Waals surface area contributed by atoms with Gasteiger partial charge in [0.25, 0.3) is 5.91 Å². The molecule has 1 amide bonds. The van der Waals surface area contributed by atoms with Crippen LogP contribution in [0.25, 0.3) is 10.4 Å². The van der Waals surface area contributed by atoms with Crippen molar-refractivity contribution < 1.29 is 4.79 Å². The van der Waals surface area contributed by atoms with E-state index in [1.54, 1.807) is 24.3 Å². The van der Waals surface area contributed by atoms with Gasteiger partial charge in [-0.3, -0.25) is 4.79 Å². The zero-order valence-electron chi connectivity index (χ0n) is 18.8. The van der Waals surface area contributed by atoms with Gasteiger partial charge in [-0.15, -0.1) is 0 Å². The third-order valence-corrected chi connectivity index (χ3v) is 10.4. The van der Waals surface area contributed by atoms with Gasteiger partial charge in [-0.1, -0.05) is 71.8 Å². The largest absolute Gasteiger partial charge is 0.352 e. The Morgan fingerprint density at radius 3 is 1.65 bits per heavy atom. The third kappa shape index (κ3) is 5.18. The first kappa shape index (κ1) is 23.3. The minimum Gasteiger partial charge on any atom is -0.352 e. The monoisotopic (exact) mass is 465 g/mol. The second-order valence-corrected chi connectivity index (χ2v) is 11.5. The fourth-order valence-corrected chi connectivity index (χ4v) is 8.58. The molecule has 0 radical (unpaired) electrons. The van der Waals surface area contributed by atoms with Gasteiger partial charge in [-0.2, -0.15) is 0 Å². The van der Waals surface area contributed by atoms with Gasteiger partial charge in [0.15, 0.2) is 0 Å². The van der Waals surface area contributed by atoms with Crippen molar-refractivity contribution in [2.75, 3.05) is 12.7 Å². The van der Waals surface area contributed by atoms with E-state index in [9.17, 15) is 4.79 Å². The van der Waals surface area contributed by atoms with E-state index in [4.69, 9.17) is 5.53 Å². The Kier molecular flexibility index (Phi) is 7.72. The van der Waals surface area contributed by atoms with Crippen LogP contribution < -0.4 is 21.2 Å². The van der Waals surface area contributed by atoms with Crippen LogP contribution in [0, 0.1) is 0 Å². The minimum atomic E-state index is -1.90. The lowest BCUT2D eigenvalue weighted by molar-refractivity contribution is 0.0954. The maximum Gasteiger partial charge on any atom is 0.251 e. The molecule has 0 saturated carbocycles. The quantitative estimate of drug-likeness (QED) is 0.110. The van der Waals surface area contributed by atoms with Gasteiger partial charge in [-0.25, -0.2) is 0 Å². The molecule has 34 heavy (non-hydrogen) atoms. The van der Waals surface area contributed by atoms with Gasteiger partial charge in [0.1, 0.15) is 23.2 Å². The Labute approximate surface area is 200 Å². The van der Waals surface area contributed by atoms with Crippen molar-refractivity contribution in [1.82, 2.24) is 5.32 Å². The highest BCUT2D eigenvalue weighted by atomic mass is 31.2. The van der Waals surface area contributed by atoms with E-state index in [1.165, 1.54) is 15.9 Å². The molecule has 1 N–H and O–H groups in total. The molecule has 0 unspecified atom stereocenters. The molecule has 0 bridgehead atoms. The summed E-state index contributed by atoms with van der Waals surface area (Å²) in [4.78, 5) is 15.4. The summed E-state index contributed by atoms with van der Waals surface area (Å²) in [7, 11) is -1.90. The van der Waals surface area contributed by atoms with Crippen molar-refractivity contribution in [3.8, 4) is 0 Å². The number of carbonyl (C=O) groups is 1. The summed E-state index contributed by atoms with van der Waals surface area (Å²) in [5.41, 5.74) is 9.57. The molecule has 5 nitrogen and oxygen atoms in total. The summed E-state index contributed by atoms with van der Waals surface area (Å²) in [5.74, 6) is -0.129. The molecule has 0 fully saturated rings. The molecule has 0 aromatic heterocycles. The molecule has 0 atom stereocenters. The molecular formula is C28H26N4OP+. The number of nitrogens with one attached hydrogen (secondary N) is 1.